The number of rotatable bonds is 16. The van der Waals surface area contributed by atoms with Crippen molar-refractivity contribution in [3.05, 3.63) is 0 Å². The molecular formula is C18H36Mg2O3+2. The van der Waals surface area contributed by atoms with E-state index >= 15 is 0 Å². The number of carbonyl (C=O) groups is 1. The van der Waals surface area contributed by atoms with Gasteiger partial charge in [0.2, 0.25) is 0 Å². The van der Waals surface area contributed by atoms with Gasteiger partial charge in [0.25, 0.3) is 0 Å². The summed E-state index contributed by atoms with van der Waals surface area (Å²) in [5.41, 5.74) is 0. The van der Waals surface area contributed by atoms with Crippen molar-refractivity contribution >= 4 is 52.1 Å². The van der Waals surface area contributed by atoms with Crippen LogP contribution in [0.15, 0.2) is 0 Å². The largest absolute Gasteiger partial charge is 2.00 e. The maximum absolute atomic E-state index is 10.2. The molecule has 1 N–H and O–H groups in total. The Balaban J connectivity index is -0.000000602. The second-order valence-electron chi connectivity index (χ2n) is 6.07. The number of hydrogen-bond acceptors (Lipinski definition) is 3. The van der Waals surface area contributed by atoms with Crippen LogP contribution in [0.3, 0.4) is 0 Å². The van der Waals surface area contributed by atoms with Gasteiger partial charge in [0.15, 0.2) is 0 Å². The van der Waals surface area contributed by atoms with Crippen molar-refractivity contribution in [3.63, 3.8) is 0 Å². The van der Waals surface area contributed by atoms with Gasteiger partial charge in [-0.1, -0.05) is 96.8 Å². The molecule has 0 unspecified atom stereocenters. The van der Waals surface area contributed by atoms with E-state index in [-0.39, 0.29) is 58.0 Å². The van der Waals surface area contributed by atoms with E-state index in [1.165, 1.54) is 83.5 Å². The van der Waals surface area contributed by atoms with Crippen molar-refractivity contribution in [2.45, 2.75) is 110 Å². The van der Waals surface area contributed by atoms with Gasteiger partial charge in [0.1, 0.15) is 0 Å². The zero-order chi connectivity index (χ0) is 14.9. The van der Waals surface area contributed by atoms with E-state index < -0.39 is 5.97 Å². The number of carbonyl (C=O) groups excluding carboxylic acids is 1. The van der Waals surface area contributed by atoms with Gasteiger partial charge in [-0.2, -0.15) is 0 Å². The summed E-state index contributed by atoms with van der Waals surface area (Å²) in [7, 11) is 0. The standard InChI is InChI=1S/C18H36O2.2Mg.H2O/c1-2-3-4-5-6-7-8-9-10-11-12-13-14-15-16-17-18(19)20;;;/h2-17H2,1H3,(H,19,20);;;1H2/q;2*+2;/p-2. The average Bonchev–Trinajstić information content (AvgIpc) is 2.43. The van der Waals surface area contributed by atoms with Gasteiger partial charge in [-0.3, -0.25) is 0 Å². The molecule has 0 heterocycles. The normalized spacial score (nSPS) is 9.43. The SMILES string of the molecule is CCCCCCCCCCCCCCCCCC(=O)[O-].[Mg+2].[Mg+2].[OH-]. The Morgan fingerprint density at radius 1 is 0.609 bits per heavy atom. The molecule has 0 aromatic rings. The molecule has 0 rings (SSSR count). The minimum absolute atomic E-state index is 0. The summed E-state index contributed by atoms with van der Waals surface area (Å²) in [5, 5.41) is 10.2. The summed E-state index contributed by atoms with van der Waals surface area (Å²) >= 11 is 0. The Labute approximate surface area is 176 Å². The van der Waals surface area contributed by atoms with Crippen LogP contribution in [0.1, 0.15) is 110 Å². The van der Waals surface area contributed by atoms with Crippen LogP contribution in [0.25, 0.3) is 0 Å². The molecule has 0 aromatic carbocycles. The zero-order valence-electron chi connectivity index (χ0n) is 15.5. The molecule has 23 heavy (non-hydrogen) atoms. The van der Waals surface area contributed by atoms with Crippen molar-refractivity contribution in [1.29, 1.82) is 0 Å². The number of aliphatic carboxylic acids is 1. The fourth-order valence-electron chi connectivity index (χ4n) is 2.64. The summed E-state index contributed by atoms with van der Waals surface area (Å²) in [6.45, 7) is 2.27. The van der Waals surface area contributed by atoms with Gasteiger partial charge in [-0.25, -0.2) is 0 Å². The molecule has 0 amide bonds. The predicted octanol–water partition coefficient (Wildman–Crippen LogP) is 4.06. The molecule has 0 bridgehead atoms. The van der Waals surface area contributed by atoms with Crippen LogP contribution >= 0.6 is 0 Å². The molecule has 0 aliphatic heterocycles. The van der Waals surface area contributed by atoms with E-state index in [4.69, 9.17) is 0 Å². The van der Waals surface area contributed by atoms with E-state index in [1.807, 2.05) is 0 Å². The first-order valence-corrected chi connectivity index (χ1v) is 8.97. The van der Waals surface area contributed by atoms with E-state index in [9.17, 15) is 9.90 Å². The smallest absolute Gasteiger partial charge is 0.870 e. The molecule has 0 radical (unpaired) electrons. The fourth-order valence-corrected chi connectivity index (χ4v) is 2.64. The van der Waals surface area contributed by atoms with Crippen LogP contribution in [-0.2, 0) is 4.79 Å². The van der Waals surface area contributed by atoms with Crippen LogP contribution < -0.4 is 5.11 Å². The van der Waals surface area contributed by atoms with Crippen molar-refractivity contribution in [2.75, 3.05) is 0 Å². The third kappa shape index (κ3) is 31.3. The molecule has 0 aliphatic rings. The Hall–Kier alpha value is 0.962. The first kappa shape index (κ1) is 31.7. The molecule has 0 saturated heterocycles. The molecule has 0 spiro atoms. The van der Waals surface area contributed by atoms with Crippen LogP contribution in [-0.4, -0.2) is 57.6 Å². The summed E-state index contributed by atoms with van der Waals surface area (Å²) in [4.78, 5) is 10.2. The second-order valence-corrected chi connectivity index (χ2v) is 6.07. The number of carboxylic acid groups (broad SMARTS) is 1. The Kier molecular flexibility index (Phi) is 38.3. The molecule has 0 aliphatic carbocycles. The van der Waals surface area contributed by atoms with Gasteiger partial charge in [0.05, 0.1) is 0 Å². The van der Waals surface area contributed by atoms with Crippen LogP contribution in [0.4, 0.5) is 0 Å². The predicted molar refractivity (Wildman–Crippen MR) is 98.0 cm³/mol. The number of unbranched alkanes of at least 4 members (excludes halogenated alkanes) is 14. The topological polar surface area (TPSA) is 70.1 Å². The van der Waals surface area contributed by atoms with Gasteiger partial charge in [-0.15, -0.1) is 0 Å². The Morgan fingerprint density at radius 2 is 0.870 bits per heavy atom. The molecular weight excluding hydrogens is 313 g/mol. The number of hydrogen-bond donors (Lipinski definition) is 0. The first-order valence-electron chi connectivity index (χ1n) is 8.97. The van der Waals surface area contributed by atoms with Gasteiger partial charge in [0, 0.05) is 5.97 Å². The van der Waals surface area contributed by atoms with Gasteiger partial charge < -0.3 is 15.4 Å². The molecule has 0 aromatic heterocycles. The van der Waals surface area contributed by atoms with E-state index in [1.54, 1.807) is 0 Å². The fraction of sp³-hybridized carbons (Fsp3) is 0.944. The average molecular weight is 349 g/mol. The summed E-state index contributed by atoms with van der Waals surface area (Å²) < 4.78 is 0. The van der Waals surface area contributed by atoms with Crippen LogP contribution in [0.2, 0.25) is 0 Å². The molecule has 5 heteroatoms. The third-order valence-corrected chi connectivity index (χ3v) is 3.98. The van der Waals surface area contributed by atoms with E-state index in [0.29, 0.717) is 0 Å². The zero-order valence-corrected chi connectivity index (χ0v) is 18.3. The Morgan fingerprint density at radius 3 is 1.13 bits per heavy atom. The minimum atomic E-state index is -0.903. The number of carboxylic acids is 1. The van der Waals surface area contributed by atoms with Gasteiger partial charge in [-0.05, 0) is 12.8 Å². The first-order chi connectivity index (χ1) is 9.77. The molecule has 0 saturated carbocycles. The van der Waals surface area contributed by atoms with E-state index in [2.05, 4.69) is 6.92 Å². The van der Waals surface area contributed by atoms with Crippen molar-refractivity contribution in [1.82, 2.24) is 0 Å². The minimum Gasteiger partial charge on any atom is -0.870 e. The summed E-state index contributed by atoms with van der Waals surface area (Å²) in [5.74, 6) is -0.903. The quantitative estimate of drug-likeness (QED) is 0.312. The van der Waals surface area contributed by atoms with Gasteiger partial charge >= 0.3 is 46.1 Å². The molecule has 0 fully saturated rings. The van der Waals surface area contributed by atoms with Crippen molar-refractivity contribution in [2.24, 2.45) is 0 Å². The molecule has 128 valence electrons. The monoisotopic (exact) mass is 348 g/mol. The summed E-state index contributed by atoms with van der Waals surface area (Å²) in [6, 6.07) is 0. The van der Waals surface area contributed by atoms with Crippen molar-refractivity contribution < 1.29 is 15.4 Å². The molecule has 0 atom stereocenters. The molecule has 3 nitrogen and oxygen atoms in total. The van der Waals surface area contributed by atoms with Crippen LogP contribution in [0, 0.1) is 0 Å². The summed E-state index contributed by atoms with van der Waals surface area (Å²) in [6.07, 6.45) is 19.9. The van der Waals surface area contributed by atoms with Crippen LogP contribution in [0.5, 0.6) is 0 Å². The maximum Gasteiger partial charge on any atom is 2.00 e. The maximum atomic E-state index is 10.2. The Bertz CT molecular complexity index is 214. The van der Waals surface area contributed by atoms with Crippen molar-refractivity contribution in [3.8, 4) is 0 Å². The van der Waals surface area contributed by atoms with E-state index in [0.717, 1.165) is 12.8 Å². The third-order valence-electron chi connectivity index (χ3n) is 3.98. The second kappa shape index (κ2) is 27.8.